The third-order valence-corrected chi connectivity index (χ3v) is 10.4. The van der Waals surface area contributed by atoms with Gasteiger partial charge in [-0.1, -0.05) is 91.9 Å². The summed E-state index contributed by atoms with van der Waals surface area (Å²) in [6.07, 6.45) is 29.7. The molecule has 2 fully saturated rings. The van der Waals surface area contributed by atoms with Gasteiger partial charge in [0.2, 0.25) is 0 Å². The molecule has 0 radical (unpaired) electrons. The van der Waals surface area contributed by atoms with Crippen LogP contribution >= 0.6 is 0 Å². The van der Waals surface area contributed by atoms with Crippen molar-refractivity contribution in [3.8, 4) is 11.5 Å². The van der Waals surface area contributed by atoms with Crippen LogP contribution in [-0.4, -0.2) is 9.97 Å². The Bertz CT molecular complexity index is 935. The van der Waals surface area contributed by atoms with Crippen LogP contribution in [-0.2, 0) is 25.7 Å². The van der Waals surface area contributed by atoms with Crippen LogP contribution in [0.2, 0.25) is 0 Å². The number of aryl methyl sites for hydroxylation is 2. The summed E-state index contributed by atoms with van der Waals surface area (Å²) < 4.78 is 6.54. The molecule has 0 aromatic carbocycles. The number of ether oxygens (including phenoxy) is 1. The largest absolute Gasteiger partial charge is 0.454 e. The van der Waals surface area contributed by atoms with Gasteiger partial charge >= 0.3 is 0 Å². The molecule has 2 heterocycles. The van der Waals surface area contributed by atoms with Crippen LogP contribution < -0.4 is 4.74 Å². The van der Waals surface area contributed by atoms with E-state index in [1.54, 1.807) is 0 Å². The third-order valence-electron chi connectivity index (χ3n) is 10.4. The minimum atomic E-state index is 0.790. The molecule has 0 saturated heterocycles. The Labute approximate surface area is 252 Å². The molecule has 0 aliphatic heterocycles. The third kappa shape index (κ3) is 10.1. The summed E-state index contributed by atoms with van der Waals surface area (Å²) in [5.74, 6) is 5.23. The van der Waals surface area contributed by atoms with E-state index in [2.05, 4.69) is 39.8 Å². The summed E-state index contributed by atoms with van der Waals surface area (Å²) in [5, 5.41) is 0. The molecule has 4 rings (SSSR count). The first-order valence-corrected chi connectivity index (χ1v) is 17.7. The average Bonchev–Trinajstić information content (AvgIpc) is 3.00. The second kappa shape index (κ2) is 17.3. The van der Waals surface area contributed by atoms with Crippen LogP contribution in [0.25, 0.3) is 0 Å². The van der Waals surface area contributed by atoms with Gasteiger partial charge < -0.3 is 4.74 Å². The predicted molar refractivity (Wildman–Crippen MR) is 174 cm³/mol. The number of nitrogens with zero attached hydrogens (tertiary/aromatic N) is 2. The summed E-state index contributed by atoms with van der Waals surface area (Å²) in [7, 11) is 0. The normalized spacial score (nSPS) is 23.0. The maximum atomic E-state index is 6.54. The number of aromatic nitrogens is 2. The maximum absolute atomic E-state index is 6.54. The topological polar surface area (TPSA) is 35.0 Å². The van der Waals surface area contributed by atoms with Gasteiger partial charge in [-0.05, 0) is 111 Å². The van der Waals surface area contributed by atoms with Gasteiger partial charge in [0, 0.05) is 11.4 Å². The molecule has 0 unspecified atom stereocenters. The molecule has 0 spiro atoms. The number of hydrogen-bond donors (Lipinski definition) is 0. The Balaban J connectivity index is 1.49. The van der Waals surface area contributed by atoms with Gasteiger partial charge in [-0.3, -0.25) is 9.97 Å². The van der Waals surface area contributed by atoms with Crippen LogP contribution in [0, 0.1) is 23.7 Å². The van der Waals surface area contributed by atoms with E-state index >= 15 is 0 Å². The molecule has 0 atom stereocenters. The van der Waals surface area contributed by atoms with E-state index in [0.717, 1.165) is 60.9 Å². The van der Waals surface area contributed by atoms with Gasteiger partial charge in [0.25, 0.3) is 0 Å². The number of hydrogen-bond acceptors (Lipinski definition) is 3. The summed E-state index contributed by atoms with van der Waals surface area (Å²) in [6, 6.07) is 4.64. The maximum Gasteiger partial charge on any atom is 0.146 e. The number of pyridine rings is 2. The quantitative estimate of drug-likeness (QED) is 0.191. The summed E-state index contributed by atoms with van der Waals surface area (Å²) >= 11 is 0. The molecule has 228 valence electrons. The lowest BCUT2D eigenvalue weighted by Gasteiger charge is -2.28. The van der Waals surface area contributed by atoms with Crippen molar-refractivity contribution in [2.24, 2.45) is 23.7 Å². The highest BCUT2D eigenvalue weighted by atomic mass is 16.5. The van der Waals surface area contributed by atoms with Crippen LogP contribution in [0.1, 0.15) is 153 Å². The molecule has 0 bridgehead atoms. The van der Waals surface area contributed by atoms with E-state index in [0.29, 0.717) is 0 Å². The second-order valence-corrected chi connectivity index (χ2v) is 13.6. The first kappa shape index (κ1) is 32.0. The predicted octanol–water partition coefficient (Wildman–Crippen LogP) is 11.3. The Morgan fingerprint density at radius 1 is 0.561 bits per heavy atom. The van der Waals surface area contributed by atoms with Crippen molar-refractivity contribution >= 4 is 0 Å². The molecule has 3 nitrogen and oxygen atoms in total. The van der Waals surface area contributed by atoms with Crippen LogP contribution in [0.3, 0.4) is 0 Å². The SMILES string of the molecule is CCCCCc1ncc(Oc2cnc(CCCCC)c(CC3CCC(CC)CC3)c2)cc1CC1CCC(CC)CC1. The molecular formula is C38H60N2O. The summed E-state index contributed by atoms with van der Waals surface area (Å²) in [5.41, 5.74) is 5.46. The van der Waals surface area contributed by atoms with Crippen molar-refractivity contribution in [1.82, 2.24) is 9.97 Å². The van der Waals surface area contributed by atoms with Gasteiger partial charge in [0.05, 0.1) is 12.4 Å². The molecule has 2 aromatic heterocycles. The second-order valence-electron chi connectivity index (χ2n) is 13.6. The Morgan fingerprint density at radius 2 is 0.951 bits per heavy atom. The number of unbranched alkanes of at least 4 members (excludes halogenated alkanes) is 4. The zero-order valence-electron chi connectivity index (χ0n) is 27.1. The van der Waals surface area contributed by atoms with Crippen LogP contribution in [0.15, 0.2) is 24.5 Å². The van der Waals surface area contributed by atoms with E-state index in [1.165, 1.54) is 125 Å². The smallest absolute Gasteiger partial charge is 0.146 e. The fourth-order valence-corrected chi connectivity index (χ4v) is 7.48. The van der Waals surface area contributed by atoms with Gasteiger partial charge in [0.1, 0.15) is 11.5 Å². The molecule has 0 amide bonds. The zero-order chi connectivity index (χ0) is 28.9. The standard InChI is InChI=1S/C38H60N2O/c1-5-9-11-13-37-33(23-31-19-15-29(7-3)16-20-31)25-35(27-39-37)41-36-26-34(38(40-28-36)14-12-10-6-2)24-32-21-17-30(8-4)18-22-32/h25-32H,5-24H2,1-4H3. The van der Waals surface area contributed by atoms with Crippen LogP contribution in [0.5, 0.6) is 11.5 Å². The van der Waals surface area contributed by atoms with Crippen molar-refractivity contribution < 1.29 is 4.74 Å². The van der Waals surface area contributed by atoms with Crippen LogP contribution in [0.4, 0.5) is 0 Å². The Kier molecular flexibility index (Phi) is 13.5. The van der Waals surface area contributed by atoms with E-state index in [-0.39, 0.29) is 0 Å². The molecule has 0 N–H and O–H groups in total. The zero-order valence-corrected chi connectivity index (χ0v) is 27.1. The lowest BCUT2D eigenvalue weighted by molar-refractivity contribution is 0.267. The van der Waals surface area contributed by atoms with E-state index in [9.17, 15) is 0 Å². The highest BCUT2D eigenvalue weighted by Crippen LogP contribution is 2.36. The van der Waals surface area contributed by atoms with E-state index < -0.39 is 0 Å². The van der Waals surface area contributed by atoms with Crippen molar-refractivity contribution in [3.63, 3.8) is 0 Å². The molecular weight excluding hydrogens is 500 g/mol. The monoisotopic (exact) mass is 560 g/mol. The highest BCUT2D eigenvalue weighted by molar-refractivity contribution is 5.36. The molecule has 3 heteroatoms. The molecule has 41 heavy (non-hydrogen) atoms. The fourth-order valence-electron chi connectivity index (χ4n) is 7.48. The first-order valence-electron chi connectivity index (χ1n) is 17.7. The molecule has 2 saturated carbocycles. The fraction of sp³-hybridized carbons (Fsp3) is 0.737. The van der Waals surface area contributed by atoms with Gasteiger partial charge in [0.15, 0.2) is 0 Å². The lowest BCUT2D eigenvalue weighted by atomic mass is 9.78. The molecule has 2 aliphatic carbocycles. The summed E-state index contributed by atoms with van der Waals surface area (Å²) in [4.78, 5) is 9.99. The highest BCUT2D eigenvalue weighted by Gasteiger charge is 2.23. The van der Waals surface area contributed by atoms with Gasteiger partial charge in [-0.15, -0.1) is 0 Å². The van der Waals surface area contributed by atoms with Gasteiger partial charge in [-0.25, -0.2) is 0 Å². The minimum absolute atomic E-state index is 0.790. The molecule has 2 aliphatic rings. The Hall–Kier alpha value is -1.90. The van der Waals surface area contributed by atoms with Crippen molar-refractivity contribution in [1.29, 1.82) is 0 Å². The first-order chi connectivity index (χ1) is 20.1. The van der Waals surface area contributed by atoms with E-state index in [4.69, 9.17) is 14.7 Å². The minimum Gasteiger partial charge on any atom is -0.454 e. The Morgan fingerprint density at radius 3 is 1.32 bits per heavy atom. The van der Waals surface area contributed by atoms with E-state index in [1.807, 2.05) is 12.4 Å². The van der Waals surface area contributed by atoms with Crippen molar-refractivity contribution in [2.45, 2.75) is 156 Å². The number of rotatable bonds is 16. The molecule has 2 aromatic rings. The van der Waals surface area contributed by atoms with Crippen molar-refractivity contribution in [2.75, 3.05) is 0 Å². The summed E-state index contributed by atoms with van der Waals surface area (Å²) in [6.45, 7) is 9.28. The van der Waals surface area contributed by atoms with Gasteiger partial charge in [-0.2, -0.15) is 0 Å². The average molecular weight is 561 g/mol. The lowest BCUT2D eigenvalue weighted by Crippen LogP contribution is -2.17. The van der Waals surface area contributed by atoms with Crippen molar-refractivity contribution in [3.05, 3.63) is 47.0 Å².